The van der Waals surface area contributed by atoms with Crippen LogP contribution in [0.5, 0.6) is 0 Å². The molecule has 1 amide bonds. The van der Waals surface area contributed by atoms with Crippen LogP contribution in [0.1, 0.15) is 43.1 Å². The summed E-state index contributed by atoms with van der Waals surface area (Å²) in [7, 11) is 0. The van der Waals surface area contributed by atoms with E-state index in [9.17, 15) is 19.1 Å². The van der Waals surface area contributed by atoms with Gasteiger partial charge in [-0.15, -0.1) is 0 Å². The smallest absolute Gasteiger partial charge is 0.329 e. The fraction of sp³-hybridized carbons (Fsp3) is 0.500. The number of nitrogens with one attached hydrogen (secondary N) is 1. The molecule has 0 saturated heterocycles. The molecule has 0 radical (unpaired) electrons. The zero-order valence-electron chi connectivity index (χ0n) is 11.2. The molecule has 1 aliphatic carbocycles. The number of rotatable bonds is 3. The highest BCUT2D eigenvalue weighted by molar-refractivity contribution is 5.96. The molecule has 0 aliphatic heterocycles. The summed E-state index contributed by atoms with van der Waals surface area (Å²) in [5, 5.41) is 11.9. The van der Waals surface area contributed by atoms with Crippen molar-refractivity contribution in [2.75, 3.05) is 0 Å². The van der Waals surface area contributed by atoms with Crippen molar-refractivity contribution in [3.8, 4) is 0 Å². The summed E-state index contributed by atoms with van der Waals surface area (Å²) < 4.78 is 13.0. The van der Waals surface area contributed by atoms with Gasteiger partial charge in [0, 0.05) is 0 Å². The minimum atomic E-state index is -1.27. The lowest BCUT2D eigenvalue weighted by Crippen LogP contribution is -2.56. The Bertz CT molecular complexity index is 525. The number of amides is 1. The maximum absolute atomic E-state index is 13.0. The van der Waals surface area contributed by atoms with Crippen LogP contribution in [0.25, 0.3) is 0 Å². The lowest BCUT2D eigenvalue weighted by Gasteiger charge is -2.36. The number of pyridine rings is 1. The number of carboxylic acids is 1. The van der Waals surface area contributed by atoms with Gasteiger partial charge in [-0.25, -0.2) is 9.78 Å². The quantitative estimate of drug-likeness (QED) is 0.830. The van der Waals surface area contributed by atoms with Crippen LogP contribution in [-0.2, 0) is 4.79 Å². The van der Waals surface area contributed by atoms with Gasteiger partial charge < -0.3 is 10.4 Å². The van der Waals surface area contributed by atoms with Crippen molar-refractivity contribution in [1.29, 1.82) is 0 Å². The monoisotopic (exact) mass is 280 g/mol. The van der Waals surface area contributed by atoms with Crippen LogP contribution in [-0.4, -0.2) is 27.5 Å². The van der Waals surface area contributed by atoms with Gasteiger partial charge in [-0.1, -0.05) is 13.0 Å². The van der Waals surface area contributed by atoms with Gasteiger partial charge >= 0.3 is 5.97 Å². The molecule has 0 spiro atoms. The number of carbonyl (C=O) groups is 2. The third kappa shape index (κ3) is 2.95. The van der Waals surface area contributed by atoms with Crippen molar-refractivity contribution in [3.05, 3.63) is 29.8 Å². The van der Waals surface area contributed by atoms with Gasteiger partial charge in [-0.2, -0.15) is 4.39 Å². The SMILES string of the molecule is CC1CCC(NC(=O)c2cccc(F)n2)(C(=O)O)CC1. The summed E-state index contributed by atoms with van der Waals surface area (Å²) in [4.78, 5) is 27.0. The highest BCUT2D eigenvalue weighted by Crippen LogP contribution is 2.32. The van der Waals surface area contributed by atoms with Crippen molar-refractivity contribution in [1.82, 2.24) is 10.3 Å². The Hall–Kier alpha value is -1.98. The Morgan fingerprint density at radius 2 is 2.05 bits per heavy atom. The molecule has 1 heterocycles. The number of nitrogens with zero attached hydrogens (tertiary/aromatic N) is 1. The lowest BCUT2D eigenvalue weighted by molar-refractivity contribution is -0.146. The summed E-state index contributed by atoms with van der Waals surface area (Å²) in [6, 6.07) is 3.86. The third-order valence-corrected chi connectivity index (χ3v) is 3.84. The number of carbonyl (C=O) groups excluding carboxylic acids is 1. The second-order valence-electron chi connectivity index (χ2n) is 5.37. The molecule has 108 valence electrons. The molecular weight excluding hydrogens is 263 g/mol. The van der Waals surface area contributed by atoms with Gasteiger partial charge in [-0.3, -0.25) is 4.79 Å². The molecular formula is C14H17FN2O3. The van der Waals surface area contributed by atoms with Gasteiger partial charge in [0.15, 0.2) is 0 Å². The average molecular weight is 280 g/mol. The van der Waals surface area contributed by atoms with E-state index in [1.54, 1.807) is 0 Å². The Morgan fingerprint density at radius 3 is 2.60 bits per heavy atom. The van der Waals surface area contributed by atoms with E-state index in [0.29, 0.717) is 18.8 Å². The molecule has 5 nitrogen and oxygen atoms in total. The molecule has 6 heteroatoms. The Labute approximate surface area is 116 Å². The molecule has 0 aromatic carbocycles. The first-order valence-electron chi connectivity index (χ1n) is 6.61. The number of hydrogen-bond acceptors (Lipinski definition) is 3. The maximum atomic E-state index is 13.0. The predicted molar refractivity (Wildman–Crippen MR) is 69.7 cm³/mol. The molecule has 0 bridgehead atoms. The van der Waals surface area contributed by atoms with Crippen molar-refractivity contribution in [2.45, 2.75) is 38.1 Å². The standard InChI is InChI=1S/C14H17FN2O3/c1-9-5-7-14(8-6-9,13(19)20)17-12(18)10-3-2-4-11(15)16-10/h2-4,9H,5-8H2,1H3,(H,17,18)(H,19,20). The van der Waals surface area contributed by atoms with Gasteiger partial charge in [0.05, 0.1) is 0 Å². The Kier molecular flexibility index (Phi) is 4.01. The van der Waals surface area contributed by atoms with Crippen molar-refractivity contribution in [2.24, 2.45) is 5.92 Å². The molecule has 1 saturated carbocycles. The van der Waals surface area contributed by atoms with Crippen LogP contribution in [0.2, 0.25) is 0 Å². The van der Waals surface area contributed by atoms with E-state index in [1.165, 1.54) is 12.1 Å². The lowest BCUT2D eigenvalue weighted by atomic mass is 9.77. The molecule has 1 aromatic heterocycles. The highest BCUT2D eigenvalue weighted by atomic mass is 19.1. The fourth-order valence-corrected chi connectivity index (χ4v) is 2.46. The van der Waals surface area contributed by atoms with Crippen molar-refractivity contribution in [3.63, 3.8) is 0 Å². The maximum Gasteiger partial charge on any atom is 0.329 e. The largest absolute Gasteiger partial charge is 0.480 e. The Balaban J connectivity index is 2.17. The van der Waals surface area contributed by atoms with E-state index in [-0.39, 0.29) is 5.69 Å². The molecule has 0 unspecified atom stereocenters. The van der Waals surface area contributed by atoms with E-state index >= 15 is 0 Å². The molecule has 1 aliphatic rings. The number of carboxylic acid groups (broad SMARTS) is 1. The predicted octanol–water partition coefficient (Wildman–Crippen LogP) is 1.98. The molecule has 1 fully saturated rings. The number of halogens is 1. The summed E-state index contributed by atoms with van der Waals surface area (Å²) in [5.41, 5.74) is -1.37. The van der Waals surface area contributed by atoms with Crippen LogP contribution < -0.4 is 5.32 Å². The first kappa shape index (κ1) is 14.4. The number of aromatic nitrogens is 1. The highest BCUT2D eigenvalue weighted by Gasteiger charge is 2.42. The first-order valence-corrected chi connectivity index (χ1v) is 6.61. The second-order valence-corrected chi connectivity index (χ2v) is 5.37. The van der Waals surface area contributed by atoms with Gasteiger partial charge in [0.25, 0.3) is 5.91 Å². The normalized spacial score (nSPS) is 26.0. The van der Waals surface area contributed by atoms with Crippen molar-refractivity contribution < 1.29 is 19.1 Å². The van der Waals surface area contributed by atoms with E-state index in [1.807, 2.05) is 0 Å². The minimum absolute atomic E-state index is 0.107. The van der Waals surface area contributed by atoms with E-state index in [0.717, 1.165) is 18.9 Å². The number of aliphatic carboxylic acids is 1. The van der Waals surface area contributed by atoms with Crippen LogP contribution >= 0.6 is 0 Å². The fourth-order valence-electron chi connectivity index (χ4n) is 2.46. The summed E-state index contributed by atoms with van der Waals surface area (Å²) in [6.45, 7) is 2.06. The van der Waals surface area contributed by atoms with E-state index < -0.39 is 23.4 Å². The average Bonchev–Trinajstić information content (AvgIpc) is 2.41. The third-order valence-electron chi connectivity index (χ3n) is 3.84. The molecule has 1 aromatic rings. The summed E-state index contributed by atoms with van der Waals surface area (Å²) in [6.07, 6.45) is 2.24. The Morgan fingerprint density at radius 1 is 1.40 bits per heavy atom. The minimum Gasteiger partial charge on any atom is -0.480 e. The second kappa shape index (κ2) is 5.56. The van der Waals surface area contributed by atoms with E-state index in [2.05, 4.69) is 17.2 Å². The van der Waals surface area contributed by atoms with Gasteiger partial charge in [0.1, 0.15) is 11.2 Å². The van der Waals surface area contributed by atoms with Crippen molar-refractivity contribution >= 4 is 11.9 Å². The molecule has 2 N–H and O–H groups in total. The topological polar surface area (TPSA) is 79.3 Å². The summed E-state index contributed by atoms with van der Waals surface area (Å²) in [5.74, 6) is -2.01. The van der Waals surface area contributed by atoms with Crippen LogP contribution in [0.15, 0.2) is 18.2 Å². The number of hydrogen-bond donors (Lipinski definition) is 2. The molecule has 20 heavy (non-hydrogen) atoms. The molecule has 2 rings (SSSR count). The molecule has 0 atom stereocenters. The van der Waals surface area contributed by atoms with Crippen LogP contribution in [0.3, 0.4) is 0 Å². The first-order chi connectivity index (χ1) is 9.43. The summed E-state index contributed by atoms with van der Waals surface area (Å²) >= 11 is 0. The van der Waals surface area contributed by atoms with Gasteiger partial charge in [0.2, 0.25) is 5.95 Å². The van der Waals surface area contributed by atoms with Gasteiger partial charge in [-0.05, 0) is 43.7 Å². The zero-order chi connectivity index (χ0) is 14.8. The van der Waals surface area contributed by atoms with Crippen LogP contribution in [0, 0.1) is 11.9 Å². The van der Waals surface area contributed by atoms with Crippen LogP contribution in [0.4, 0.5) is 4.39 Å². The zero-order valence-corrected chi connectivity index (χ0v) is 11.2. The van der Waals surface area contributed by atoms with E-state index in [4.69, 9.17) is 0 Å².